The lowest BCUT2D eigenvalue weighted by Crippen LogP contribution is -2.14. The number of amidine groups is 1. The predicted octanol–water partition coefficient (Wildman–Crippen LogP) is 4.35. The van der Waals surface area contributed by atoms with Crippen LogP contribution in [0.25, 0.3) is 0 Å². The molecule has 2 aromatic rings. The van der Waals surface area contributed by atoms with E-state index in [0.29, 0.717) is 10.6 Å². The maximum atomic E-state index is 8.83. The average molecular weight is 358 g/mol. The molecule has 0 amide bonds. The molecule has 0 heterocycles. The summed E-state index contributed by atoms with van der Waals surface area (Å²) in [5, 5.41) is 12.3. The molecule has 0 aromatic heterocycles. The first-order chi connectivity index (χ1) is 9.11. The molecule has 19 heavy (non-hydrogen) atoms. The fourth-order valence-electron chi connectivity index (χ4n) is 1.52. The topological polar surface area (TPSA) is 58.6 Å². The van der Waals surface area contributed by atoms with Crippen LogP contribution in [0.1, 0.15) is 5.56 Å². The van der Waals surface area contributed by atoms with Crippen molar-refractivity contribution in [1.29, 1.82) is 0 Å². The van der Waals surface area contributed by atoms with Crippen LogP contribution in [-0.2, 0) is 0 Å². The standard InChI is InChI=1S/C13H10BrClN2OS/c14-8-4-6-9(7-5-8)19-11-3-1-2-10(15)12(11)13(16)17-18/h1-7,18H,(H2,16,17). The van der Waals surface area contributed by atoms with E-state index in [4.69, 9.17) is 22.5 Å². The molecule has 3 nitrogen and oxygen atoms in total. The van der Waals surface area contributed by atoms with Gasteiger partial charge in [0.25, 0.3) is 0 Å². The Morgan fingerprint density at radius 2 is 1.89 bits per heavy atom. The van der Waals surface area contributed by atoms with Crippen LogP contribution in [0.3, 0.4) is 0 Å². The summed E-state index contributed by atoms with van der Waals surface area (Å²) < 4.78 is 1.01. The van der Waals surface area contributed by atoms with E-state index in [2.05, 4.69) is 21.1 Å². The number of nitrogens with zero attached hydrogens (tertiary/aromatic N) is 1. The summed E-state index contributed by atoms with van der Waals surface area (Å²) in [5.74, 6) is 0.00483. The quantitative estimate of drug-likeness (QED) is 0.371. The Bertz CT molecular complexity index is 617. The second-order valence-corrected chi connectivity index (χ2v) is 6.09. The molecule has 2 aromatic carbocycles. The summed E-state index contributed by atoms with van der Waals surface area (Å²) >= 11 is 11.0. The van der Waals surface area contributed by atoms with Crippen molar-refractivity contribution in [3.63, 3.8) is 0 Å². The zero-order valence-electron chi connectivity index (χ0n) is 9.68. The molecule has 0 unspecified atom stereocenters. The van der Waals surface area contributed by atoms with E-state index in [1.807, 2.05) is 36.4 Å². The summed E-state index contributed by atoms with van der Waals surface area (Å²) in [4.78, 5) is 1.88. The van der Waals surface area contributed by atoms with Gasteiger partial charge in [-0.1, -0.05) is 50.5 Å². The monoisotopic (exact) mass is 356 g/mol. The molecule has 0 bridgehead atoms. The number of halogens is 2. The highest BCUT2D eigenvalue weighted by Gasteiger charge is 2.12. The normalized spacial score (nSPS) is 11.6. The first-order valence-corrected chi connectivity index (χ1v) is 7.30. The van der Waals surface area contributed by atoms with Crippen LogP contribution in [0.4, 0.5) is 0 Å². The number of nitrogens with two attached hydrogens (primary N) is 1. The van der Waals surface area contributed by atoms with E-state index in [0.717, 1.165) is 14.3 Å². The van der Waals surface area contributed by atoms with Gasteiger partial charge in [0.2, 0.25) is 0 Å². The Balaban J connectivity index is 2.40. The van der Waals surface area contributed by atoms with Crippen LogP contribution >= 0.6 is 39.3 Å². The van der Waals surface area contributed by atoms with Crippen LogP contribution in [0.15, 0.2) is 61.9 Å². The first-order valence-electron chi connectivity index (χ1n) is 5.31. The molecule has 98 valence electrons. The Morgan fingerprint density at radius 1 is 1.21 bits per heavy atom. The van der Waals surface area contributed by atoms with E-state index < -0.39 is 0 Å². The van der Waals surface area contributed by atoms with E-state index in [1.54, 1.807) is 6.07 Å². The molecule has 0 saturated carbocycles. The van der Waals surface area contributed by atoms with Gasteiger partial charge in [-0.15, -0.1) is 0 Å². The minimum atomic E-state index is 0.00483. The van der Waals surface area contributed by atoms with E-state index >= 15 is 0 Å². The van der Waals surface area contributed by atoms with Crippen molar-refractivity contribution in [2.24, 2.45) is 10.9 Å². The summed E-state index contributed by atoms with van der Waals surface area (Å²) in [6.07, 6.45) is 0. The van der Waals surface area contributed by atoms with Gasteiger partial charge in [-0.25, -0.2) is 0 Å². The molecule has 0 radical (unpaired) electrons. The summed E-state index contributed by atoms with van der Waals surface area (Å²) in [6, 6.07) is 13.3. The van der Waals surface area contributed by atoms with Crippen LogP contribution in [0, 0.1) is 0 Å². The number of rotatable bonds is 3. The van der Waals surface area contributed by atoms with Crippen molar-refractivity contribution < 1.29 is 5.21 Å². The zero-order chi connectivity index (χ0) is 13.8. The van der Waals surface area contributed by atoms with Gasteiger partial charge >= 0.3 is 0 Å². The Kier molecular flexibility index (Phi) is 4.74. The highest BCUT2D eigenvalue weighted by atomic mass is 79.9. The van der Waals surface area contributed by atoms with Gasteiger partial charge in [0.1, 0.15) is 0 Å². The fourth-order valence-corrected chi connectivity index (χ4v) is 3.10. The number of oxime groups is 1. The molecule has 0 aliphatic heterocycles. The van der Waals surface area contributed by atoms with E-state index in [9.17, 15) is 0 Å². The molecule has 3 N–H and O–H groups in total. The highest BCUT2D eigenvalue weighted by Crippen LogP contribution is 2.34. The molecule has 0 aliphatic carbocycles. The third kappa shape index (κ3) is 3.43. The van der Waals surface area contributed by atoms with Crippen LogP contribution < -0.4 is 5.73 Å². The lowest BCUT2D eigenvalue weighted by Gasteiger charge is -2.09. The lowest BCUT2D eigenvalue weighted by atomic mass is 10.2. The van der Waals surface area contributed by atoms with Gasteiger partial charge in [-0.3, -0.25) is 0 Å². The van der Waals surface area contributed by atoms with Gasteiger partial charge in [0.15, 0.2) is 5.84 Å². The fraction of sp³-hybridized carbons (Fsp3) is 0. The van der Waals surface area contributed by atoms with Crippen molar-refractivity contribution in [1.82, 2.24) is 0 Å². The minimum absolute atomic E-state index is 0.00483. The zero-order valence-corrected chi connectivity index (χ0v) is 12.8. The molecule has 0 spiro atoms. The third-order valence-electron chi connectivity index (χ3n) is 2.38. The summed E-state index contributed by atoms with van der Waals surface area (Å²) in [7, 11) is 0. The maximum Gasteiger partial charge on any atom is 0.172 e. The average Bonchev–Trinajstić information content (AvgIpc) is 2.41. The van der Waals surface area contributed by atoms with E-state index in [-0.39, 0.29) is 5.84 Å². The van der Waals surface area contributed by atoms with Crippen molar-refractivity contribution in [2.75, 3.05) is 0 Å². The second-order valence-electron chi connectivity index (χ2n) is 3.65. The molecule has 6 heteroatoms. The van der Waals surface area contributed by atoms with E-state index in [1.165, 1.54) is 11.8 Å². The number of hydrogen-bond donors (Lipinski definition) is 2. The van der Waals surface area contributed by atoms with Crippen molar-refractivity contribution in [3.05, 3.63) is 57.5 Å². The molecular weight excluding hydrogens is 348 g/mol. The van der Waals surface area contributed by atoms with Gasteiger partial charge in [0, 0.05) is 14.3 Å². The SMILES string of the molecule is NC(=NO)c1c(Cl)cccc1Sc1ccc(Br)cc1. The van der Waals surface area contributed by atoms with Crippen molar-refractivity contribution >= 4 is 45.1 Å². The smallest absolute Gasteiger partial charge is 0.172 e. The van der Waals surface area contributed by atoms with Crippen LogP contribution in [-0.4, -0.2) is 11.0 Å². The molecular formula is C13H10BrClN2OS. The first kappa shape index (κ1) is 14.2. The Hall–Kier alpha value is -1.17. The predicted molar refractivity (Wildman–Crippen MR) is 82.2 cm³/mol. The molecule has 0 fully saturated rings. The maximum absolute atomic E-state index is 8.83. The van der Waals surface area contributed by atoms with Crippen LogP contribution in [0.2, 0.25) is 5.02 Å². The van der Waals surface area contributed by atoms with Gasteiger partial charge in [-0.05, 0) is 36.4 Å². The van der Waals surface area contributed by atoms with Gasteiger partial charge < -0.3 is 10.9 Å². The van der Waals surface area contributed by atoms with Crippen molar-refractivity contribution in [3.8, 4) is 0 Å². The molecule has 2 rings (SSSR count). The molecule has 0 atom stereocenters. The molecule has 0 aliphatic rings. The Morgan fingerprint density at radius 3 is 2.53 bits per heavy atom. The third-order valence-corrected chi connectivity index (χ3v) is 4.29. The van der Waals surface area contributed by atoms with Gasteiger partial charge in [-0.2, -0.15) is 0 Å². The van der Waals surface area contributed by atoms with Gasteiger partial charge in [0.05, 0.1) is 10.6 Å². The largest absolute Gasteiger partial charge is 0.409 e. The van der Waals surface area contributed by atoms with Crippen molar-refractivity contribution in [2.45, 2.75) is 9.79 Å². The summed E-state index contributed by atoms with van der Waals surface area (Å²) in [5.41, 5.74) is 6.21. The number of hydrogen-bond acceptors (Lipinski definition) is 3. The summed E-state index contributed by atoms with van der Waals surface area (Å²) in [6.45, 7) is 0. The highest BCUT2D eigenvalue weighted by molar-refractivity contribution is 9.10. The second kappa shape index (κ2) is 6.32. The lowest BCUT2D eigenvalue weighted by molar-refractivity contribution is 0.318. The number of benzene rings is 2. The minimum Gasteiger partial charge on any atom is -0.409 e. The molecule has 0 saturated heterocycles. The van der Waals surface area contributed by atoms with Crippen LogP contribution in [0.5, 0.6) is 0 Å². The Labute approximate surface area is 128 Å².